The molecule has 0 atom stereocenters. The van der Waals surface area contributed by atoms with Gasteiger partial charge in [-0.2, -0.15) is 5.10 Å². The molecule has 0 radical (unpaired) electrons. The maximum atomic E-state index is 12.3. The molecule has 6 nitrogen and oxygen atoms in total. The number of H-pyrrole nitrogens is 1. The summed E-state index contributed by atoms with van der Waals surface area (Å²) in [5, 5.41) is 25.5. The van der Waals surface area contributed by atoms with Crippen LogP contribution in [0.1, 0.15) is 16.1 Å². The van der Waals surface area contributed by atoms with Gasteiger partial charge in [-0.15, -0.1) is 0 Å². The molecule has 0 fully saturated rings. The fourth-order valence-corrected chi connectivity index (χ4v) is 2.00. The van der Waals surface area contributed by atoms with Crippen LogP contribution in [0.4, 0.5) is 0 Å². The number of carbonyl (C=O) groups excluding carboxylic acids is 1. The van der Waals surface area contributed by atoms with Crippen molar-refractivity contribution in [2.45, 2.75) is 6.92 Å². The molecule has 0 saturated carbocycles. The smallest absolute Gasteiger partial charge is 0.275 e. The van der Waals surface area contributed by atoms with Gasteiger partial charge in [0.2, 0.25) is 0 Å². The number of amides is 1. The van der Waals surface area contributed by atoms with Crippen LogP contribution < -0.4 is 0 Å². The van der Waals surface area contributed by atoms with Gasteiger partial charge in [-0.3, -0.25) is 9.89 Å². The normalized spacial score (nSPS) is 10.9. The number of hydrogen-bond donors (Lipinski definition) is 3. The van der Waals surface area contributed by atoms with Crippen LogP contribution in [0.5, 0.6) is 0 Å². The highest BCUT2D eigenvalue weighted by atomic mass is 16.3. The molecule has 3 N–H and O–H groups in total. The number of nitrogens with one attached hydrogen (secondary N) is 1. The summed E-state index contributed by atoms with van der Waals surface area (Å²) in [6.07, 6.45) is 0. The van der Waals surface area contributed by atoms with Gasteiger partial charge in [0.05, 0.1) is 18.7 Å². The van der Waals surface area contributed by atoms with Crippen molar-refractivity contribution in [2.24, 2.45) is 0 Å². The number of carbonyl (C=O) groups is 1. The number of aliphatic hydroxyl groups excluding tert-OH is 2. The van der Waals surface area contributed by atoms with E-state index in [0.29, 0.717) is 5.69 Å². The number of aromatic nitrogens is 2. The van der Waals surface area contributed by atoms with Crippen molar-refractivity contribution in [1.82, 2.24) is 15.1 Å². The Balaban J connectivity index is 2.36. The maximum Gasteiger partial charge on any atom is 0.275 e. The number of benzene rings is 1. The van der Waals surface area contributed by atoms with Gasteiger partial charge in [0, 0.05) is 18.5 Å². The summed E-state index contributed by atoms with van der Waals surface area (Å²) in [5.74, 6) is -0.292. The van der Waals surface area contributed by atoms with Crippen LogP contribution in [-0.2, 0) is 0 Å². The number of fused-ring (bicyclic) bond motifs is 1. The van der Waals surface area contributed by atoms with Crippen molar-refractivity contribution in [1.29, 1.82) is 0 Å². The van der Waals surface area contributed by atoms with Crippen molar-refractivity contribution in [3.05, 3.63) is 29.5 Å². The van der Waals surface area contributed by atoms with E-state index in [1.807, 2.05) is 25.1 Å². The zero-order valence-electron chi connectivity index (χ0n) is 10.8. The lowest BCUT2D eigenvalue weighted by atomic mass is 10.1. The van der Waals surface area contributed by atoms with Crippen molar-refractivity contribution in [3.8, 4) is 0 Å². The van der Waals surface area contributed by atoms with E-state index in [0.717, 1.165) is 16.5 Å². The maximum absolute atomic E-state index is 12.3. The molecule has 0 aliphatic carbocycles. The number of aliphatic hydroxyl groups is 2. The van der Waals surface area contributed by atoms with Gasteiger partial charge in [0.1, 0.15) is 0 Å². The van der Waals surface area contributed by atoms with Crippen LogP contribution in [0.15, 0.2) is 18.2 Å². The molecule has 6 heteroatoms. The standard InChI is InChI=1S/C13H17N3O3/c1-9-2-3-11-10(8-9)12(15-14-11)13(19)16(4-6-17)5-7-18/h2-3,8,17-18H,4-7H2,1H3,(H,14,15). The van der Waals surface area contributed by atoms with Crippen molar-refractivity contribution < 1.29 is 15.0 Å². The van der Waals surface area contributed by atoms with Crippen LogP contribution in [0.3, 0.4) is 0 Å². The third-order valence-electron chi connectivity index (χ3n) is 2.95. The van der Waals surface area contributed by atoms with Crippen LogP contribution in [0, 0.1) is 6.92 Å². The molecule has 0 unspecified atom stereocenters. The summed E-state index contributed by atoms with van der Waals surface area (Å²) in [6.45, 7) is 2.01. The first-order chi connectivity index (χ1) is 9.17. The predicted octanol–water partition coefficient (Wildman–Crippen LogP) is 0.298. The predicted molar refractivity (Wildman–Crippen MR) is 70.9 cm³/mol. The van der Waals surface area contributed by atoms with E-state index in [1.54, 1.807) is 0 Å². The molecule has 0 saturated heterocycles. The SMILES string of the molecule is Cc1ccc2[nH]nc(C(=O)N(CCO)CCO)c2c1. The first-order valence-electron chi connectivity index (χ1n) is 6.13. The molecule has 1 amide bonds. The van der Waals surface area contributed by atoms with E-state index in [1.165, 1.54) is 4.90 Å². The van der Waals surface area contributed by atoms with E-state index in [9.17, 15) is 4.79 Å². The monoisotopic (exact) mass is 263 g/mol. The highest BCUT2D eigenvalue weighted by Crippen LogP contribution is 2.18. The second kappa shape index (κ2) is 5.81. The third kappa shape index (κ3) is 2.74. The number of aromatic amines is 1. The van der Waals surface area contributed by atoms with E-state index < -0.39 is 0 Å². The summed E-state index contributed by atoms with van der Waals surface area (Å²) in [5.41, 5.74) is 2.15. The first-order valence-corrected chi connectivity index (χ1v) is 6.13. The summed E-state index contributed by atoms with van der Waals surface area (Å²) >= 11 is 0. The summed E-state index contributed by atoms with van der Waals surface area (Å²) in [7, 11) is 0. The van der Waals surface area contributed by atoms with Gasteiger partial charge in [0.25, 0.3) is 5.91 Å². The Hall–Kier alpha value is -1.92. The Morgan fingerprint density at radius 1 is 1.32 bits per heavy atom. The number of rotatable bonds is 5. The molecule has 102 valence electrons. The fourth-order valence-electron chi connectivity index (χ4n) is 2.00. The van der Waals surface area contributed by atoms with Crippen molar-refractivity contribution in [3.63, 3.8) is 0 Å². The number of aryl methyl sites for hydroxylation is 1. The van der Waals surface area contributed by atoms with E-state index in [4.69, 9.17) is 10.2 Å². The Labute approximate surface area is 110 Å². The highest BCUT2D eigenvalue weighted by Gasteiger charge is 2.20. The Morgan fingerprint density at radius 3 is 2.63 bits per heavy atom. The van der Waals surface area contributed by atoms with Gasteiger partial charge >= 0.3 is 0 Å². The minimum Gasteiger partial charge on any atom is -0.395 e. The van der Waals surface area contributed by atoms with Crippen molar-refractivity contribution in [2.75, 3.05) is 26.3 Å². The minimum absolute atomic E-state index is 0.146. The zero-order valence-corrected chi connectivity index (χ0v) is 10.8. The topological polar surface area (TPSA) is 89.5 Å². The lowest BCUT2D eigenvalue weighted by molar-refractivity contribution is 0.0681. The number of hydrogen-bond acceptors (Lipinski definition) is 4. The van der Waals surface area contributed by atoms with Gasteiger partial charge < -0.3 is 15.1 Å². The molecule has 0 aliphatic heterocycles. The molecule has 1 aromatic carbocycles. The molecule has 2 rings (SSSR count). The van der Waals surface area contributed by atoms with Gasteiger partial charge in [-0.1, -0.05) is 11.6 Å². The molecule has 19 heavy (non-hydrogen) atoms. The Bertz CT molecular complexity index is 574. The molecule has 1 aromatic heterocycles. The van der Waals surface area contributed by atoms with Gasteiger partial charge in [-0.25, -0.2) is 0 Å². The first kappa shape index (κ1) is 13.5. The largest absolute Gasteiger partial charge is 0.395 e. The molecule has 1 heterocycles. The lowest BCUT2D eigenvalue weighted by Gasteiger charge is -2.19. The van der Waals surface area contributed by atoms with Gasteiger partial charge in [-0.05, 0) is 19.1 Å². The lowest BCUT2D eigenvalue weighted by Crippen LogP contribution is -2.36. The average molecular weight is 263 g/mol. The summed E-state index contributed by atoms with van der Waals surface area (Å²) in [6, 6.07) is 5.70. The fraction of sp³-hybridized carbons (Fsp3) is 0.385. The van der Waals surface area contributed by atoms with E-state index >= 15 is 0 Å². The quantitative estimate of drug-likeness (QED) is 0.723. The van der Waals surface area contributed by atoms with E-state index in [2.05, 4.69) is 10.2 Å². The summed E-state index contributed by atoms with van der Waals surface area (Å²) < 4.78 is 0. The minimum atomic E-state index is -0.292. The molecule has 0 aliphatic rings. The van der Waals surface area contributed by atoms with Crippen molar-refractivity contribution >= 4 is 16.8 Å². The second-order valence-electron chi connectivity index (χ2n) is 4.36. The third-order valence-corrected chi connectivity index (χ3v) is 2.95. The molecule has 2 aromatic rings. The van der Waals surface area contributed by atoms with Gasteiger partial charge in [0.15, 0.2) is 5.69 Å². The zero-order chi connectivity index (χ0) is 13.8. The molecule has 0 spiro atoms. The second-order valence-corrected chi connectivity index (χ2v) is 4.36. The van der Waals surface area contributed by atoms with Crippen LogP contribution in [-0.4, -0.2) is 57.5 Å². The van der Waals surface area contributed by atoms with Crippen LogP contribution in [0.2, 0.25) is 0 Å². The molecule has 0 bridgehead atoms. The Kier molecular flexibility index (Phi) is 4.13. The highest BCUT2D eigenvalue weighted by molar-refractivity contribution is 6.04. The summed E-state index contributed by atoms with van der Waals surface area (Å²) in [4.78, 5) is 13.7. The number of nitrogens with zero attached hydrogens (tertiary/aromatic N) is 2. The molecular formula is C13H17N3O3. The van der Waals surface area contributed by atoms with Crippen LogP contribution in [0.25, 0.3) is 10.9 Å². The van der Waals surface area contributed by atoms with Crippen LogP contribution >= 0.6 is 0 Å². The molecular weight excluding hydrogens is 246 g/mol. The Morgan fingerprint density at radius 2 is 2.00 bits per heavy atom. The average Bonchev–Trinajstić information content (AvgIpc) is 2.80. The van der Waals surface area contributed by atoms with E-state index in [-0.39, 0.29) is 32.2 Å².